The second-order valence-corrected chi connectivity index (χ2v) is 22.2. The number of allylic oxidation sites excluding steroid dienone is 1. The molecule has 19 atom stereocenters. The van der Waals surface area contributed by atoms with Gasteiger partial charge in [0, 0.05) is 49.6 Å². The third-order valence-corrected chi connectivity index (χ3v) is 15.8. The van der Waals surface area contributed by atoms with E-state index in [1.165, 1.54) is 20.8 Å². The minimum atomic E-state index is -2.06. The van der Waals surface area contributed by atoms with E-state index in [1.807, 2.05) is 34.9 Å². The SMILES string of the molecule is CC[C@H](O)C[C@H]1O[C@@]2(CC[C@@H]1C)C[C@@H]1OC(=O)/C=C/[C@](C)(O)[C@@H](O)[C@@H](C)[C@@H](O)[C@H](O[C@@H]3CC[C@@H](N(C)C)[C@H](C)O3)[C@@H](O)[C@](C)(O)CCCCC/C=C/[C@]34CC(C)(C)O[C@@]3(C[C@H](O2)[C@@H]1C)O4. The number of fused-ring (bicyclic) bond motifs is 2. The van der Waals surface area contributed by atoms with E-state index in [0.29, 0.717) is 44.9 Å². The van der Waals surface area contributed by atoms with Crippen molar-refractivity contribution >= 4 is 5.97 Å². The van der Waals surface area contributed by atoms with Gasteiger partial charge in [-0.2, -0.15) is 0 Å². The Morgan fingerprint density at radius 3 is 2.26 bits per heavy atom. The highest BCUT2D eigenvalue weighted by Gasteiger charge is 2.78. The number of epoxide rings is 1. The number of ether oxygens (including phenoxy) is 7. The van der Waals surface area contributed by atoms with E-state index < -0.39 is 94.9 Å². The van der Waals surface area contributed by atoms with Crippen LogP contribution >= 0.6 is 0 Å². The monoisotopic (exact) mass is 924 g/mol. The van der Waals surface area contributed by atoms with Gasteiger partial charge in [-0.25, -0.2) is 4.79 Å². The summed E-state index contributed by atoms with van der Waals surface area (Å²) >= 11 is 0. The smallest absolute Gasteiger partial charge is 0.330 e. The Bertz CT molecular complexity index is 1650. The number of carbonyl (C=O) groups excluding carboxylic acids is 1. The molecule has 6 heterocycles. The third-order valence-electron chi connectivity index (χ3n) is 15.8. The number of likely N-dealkylation sites (N-methyl/N-ethyl adjacent to an activating group) is 1. The minimum Gasteiger partial charge on any atom is -0.459 e. The molecule has 65 heavy (non-hydrogen) atoms. The summed E-state index contributed by atoms with van der Waals surface area (Å²) in [6.45, 7) is 16.5. The molecule has 0 aromatic heterocycles. The average Bonchev–Trinajstić information content (AvgIpc) is 3.73. The molecule has 15 heteroatoms. The largest absolute Gasteiger partial charge is 0.459 e. The number of aliphatic hydroxyl groups is 6. The van der Waals surface area contributed by atoms with Gasteiger partial charge in [0.15, 0.2) is 12.1 Å². The van der Waals surface area contributed by atoms with Crippen LogP contribution in [0.1, 0.15) is 152 Å². The summed E-state index contributed by atoms with van der Waals surface area (Å²) in [5.41, 5.74) is -4.91. The lowest BCUT2D eigenvalue weighted by Gasteiger charge is -2.52. The molecule has 2 bridgehead atoms. The summed E-state index contributed by atoms with van der Waals surface area (Å²) in [4.78, 5) is 15.9. The molecule has 0 radical (unpaired) electrons. The van der Waals surface area contributed by atoms with Crippen LogP contribution in [-0.4, -0.2) is 157 Å². The van der Waals surface area contributed by atoms with Crippen LogP contribution in [0.2, 0.25) is 0 Å². The molecular weight excluding hydrogens is 839 g/mol. The van der Waals surface area contributed by atoms with Crippen molar-refractivity contribution in [3.8, 4) is 0 Å². The van der Waals surface area contributed by atoms with Crippen LogP contribution < -0.4 is 0 Å². The molecule has 0 aliphatic carbocycles. The van der Waals surface area contributed by atoms with Crippen molar-refractivity contribution in [1.29, 1.82) is 0 Å². The summed E-state index contributed by atoms with van der Waals surface area (Å²) in [5, 5.41) is 69.7. The molecule has 0 amide bonds. The van der Waals surface area contributed by atoms with Crippen molar-refractivity contribution in [2.24, 2.45) is 17.8 Å². The zero-order valence-electron chi connectivity index (χ0n) is 41.2. The normalized spacial score (nSPS) is 49.5. The van der Waals surface area contributed by atoms with Crippen LogP contribution in [0.15, 0.2) is 24.3 Å². The molecule has 5 fully saturated rings. The Morgan fingerprint density at radius 1 is 0.862 bits per heavy atom. The van der Waals surface area contributed by atoms with Gasteiger partial charge in [-0.1, -0.05) is 52.7 Å². The third kappa shape index (κ3) is 11.9. The Labute approximate surface area is 388 Å². The van der Waals surface area contributed by atoms with E-state index in [9.17, 15) is 35.4 Å². The van der Waals surface area contributed by atoms with Crippen LogP contribution in [0, 0.1) is 17.8 Å². The lowest BCUT2D eigenvalue weighted by atomic mass is 9.79. The number of carbonyl (C=O) groups is 1. The number of esters is 1. The van der Waals surface area contributed by atoms with Crippen LogP contribution in [0.5, 0.6) is 0 Å². The maximum absolute atomic E-state index is 13.8. The molecule has 0 saturated carbocycles. The van der Waals surface area contributed by atoms with Crippen LogP contribution in [0.4, 0.5) is 0 Å². The van der Waals surface area contributed by atoms with Crippen LogP contribution in [0.3, 0.4) is 0 Å². The molecule has 6 aliphatic heterocycles. The van der Waals surface area contributed by atoms with Gasteiger partial charge in [-0.3, -0.25) is 0 Å². The molecule has 374 valence electrons. The summed E-state index contributed by atoms with van der Waals surface area (Å²) < 4.78 is 46.0. The van der Waals surface area contributed by atoms with Crippen LogP contribution in [-0.2, 0) is 38.0 Å². The fraction of sp³-hybridized carbons (Fsp3) is 0.900. The maximum atomic E-state index is 13.8. The Balaban J connectivity index is 1.29. The zero-order chi connectivity index (χ0) is 47.9. The fourth-order valence-electron chi connectivity index (χ4n) is 11.5. The Kier molecular flexibility index (Phi) is 16.6. The van der Waals surface area contributed by atoms with E-state index in [-0.39, 0.29) is 42.9 Å². The fourth-order valence-corrected chi connectivity index (χ4v) is 11.5. The Hall–Kier alpha value is -1.57. The maximum Gasteiger partial charge on any atom is 0.330 e. The van der Waals surface area contributed by atoms with E-state index in [0.717, 1.165) is 44.3 Å². The first kappa shape index (κ1) is 52.8. The van der Waals surface area contributed by atoms with Crippen LogP contribution in [0.25, 0.3) is 0 Å². The van der Waals surface area contributed by atoms with Gasteiger partial charge in [-0.15, -0.1) is 0 Å². The van der Waals surface area contributed by atoms with E-state index in [2.05, 4.69) is 37.8 Å². The predicted molar refractivity (Wildman–Crippen MR) is 242 cm³/mol. The van der Waals surface area contributed by atoms with E-state index in [1.54, 1.807) is 0 Å². The van der Waals surface area contributed by atoms with E-state index in [4.69, 9.17) is 33.2 Å². The first-order valence-electron chi connectivity index (χ1n) is 24.8. The molecule has 6 N–H and O–H groups in total. The number of aliphatic hydroxyl groups excluding tert-OH is 4. The van der Waals surface area contributed by atoms with Crippen molar-refractivity contribution in [2.75, 3.05) is 14.1 Å². The quantitative estimate of drug-likeness (QED) is 0.115. The zero-order valence-corrected chi connectivity index (χ0v) is 41.2. The highest BCUT2D eigenvalue weighted by atomic mass is 16.8. The molecule has 6 rings (SSSR count). The standard InChI is InChI=1S/C50H85NO14/c1-12-34(52)26-36-30(2)20-25-49(62-36)27-37-31(3)38(63-49)28-50-48(65-50,29-45(6,7)64-50)23-17-15-13-14-16-22-46(8,57)44(56)42(61-40-19-18-35(51(10)11)33(5)59-40)41(54)32(4)43(55)47(9,58)24-21-39(53)60-37/h17,21,23-24,30-38,40-44,52,54-58H,12-16,18-20,22,25-29H2,1-11H3/b23-17+,24-21+/t30-,31+,32-,33-,34-,35+,36+,37-,38-,40+,41+,42-,43-,44+,46+,47-,48-,49+,50-/m0/s1. The van der Waals surface area contributed by atoms with E-state index >= 15 is 0 Å². The number of nitrogens with zero attached hydrogens (tertiary/aromatic N) is 1. The highest BCUT2D eigenvalue weighted by Crippen LogP contribution is 2.65. The first-order chi connectivity index (χ1) is 30.3. The second kappa shape index (κ2) is 20.4. The van der Waals surface area contributed by atoms with Crippen molar-refractivity contribution in [3.05, 3.63) is 24.3 Å². The van der Waals surface area contributed by atoms with Gasteiger partial charge in [0.25, 0.3) is 0 Å². The summed E-state index contributed by atoms with van der Waals surface area (Å²) in [6, 6.07) is 0.134. The molecule has 15 nitrogen and oxygen atoms in total. The summed E-state index contributed by atoms with van der Waals surface area (Å²) in [6.07, 6.45) is 5.15. The van der Waals surface area contributed by atoms with Gasteiger partial charge >= 0.3 is 5.97 Å². The van der Waals surface area contributed by atoms with Gasteiger partial charge in [0.1, 0.15) is 29.5 Å². The second-order valence-electron chi connectivity index (χ2n) is 22.2. The van der Waals surface area contributed by atoms with Crippen molar-refractivity contribution in [2.45, 2.75) is 253 Å². The first-order valence-corrected chi connectivity index (χ1v) is 24.8. The van der Waals surface area contributed by atoms with Gasteiger partial charge < -0.3 is 68.7 Å². The topological polar surface area (TPSA) is 210 Å². The number of rotatable bonds is 6. The van der Waals surface area contributed by atoms with Crippen molar-refractivity contribution in [1.82, 2.24) is 4.90 Å². The number of hydrogen-bond acceptors (Lipinski definition) is 15. The van der Waals surface area contributed by atoms with Crippen molar-refractivity contribution < 1.29 is 68.6 Å². The molecule has 6 aliphatic rings. The van der Waals surface area contributed by atoms with Gasteiger partial charge in [0.05, 0.1) is 47.8 Å². The highest BCUT2D eigenvalue weighted by molar-refractivity contribution is 5.82. The summed E-state index contributed by atoms with van der Waals surface area (Å²) in [7, 11) is 3.96. The van der Waals surface area contributed by atoms with Gasteiger partial charge in [-0.05, 0) is 112 Å². The lowest BCUT2D eigenvalue weighted by Crippen LogP contribution is -2.58. The molecule has 0 aromatic carbocycles. The molecule has 0 aromatic rings. The average molecular weight is 924 g/mol. The van der Waals surface area contributed by atoms with Gasteiger partial charge in [0.2, 0.25) is 5.79 Å². The molecule has 1 spiro atoms. The lowest BCUT2D eigenvalue weighted by molar-refractivity contribution is -0.351. The minimum absolute atomic E-state index is 0.134. The molecule has 5 saturated heterocycles. The summed E-state index contributed by atoms with van der Waals surface area (Å²) in [5.74, 6) is -4.10. The molecular formula is C50H85NO14. The Morgan fingerprint density at radius 2 is 1.58 bits per heavy atom. The molecule has 0 unspecified atom stereocenters. The predicted octanol–water partition coefficient (Wildman–Crippen LogP) is 5.19. The van der Waals surface area contributed by atoms with Crippen molar-refractivity contribution in [3.63, 3.8) is 0 Å². The number of hydrogen-bond donors (Lipinski definition) is 6.